The topological polar surface area (TPSA) is 80.5 Å². The number of fused-ring (bicyclic) bond motifs is 1. The molecule has 0 aliphatic rings. The van der Waals surface area contributed by atoms with Crippen LogP contribution in [0.5, 0.6) is 0 Å². The molecule has 2 aromatic heterocycles. The number of aromatic amines is 1. The number of aryl methyl sites for hydroxylation is 1. The van der Waals surface area contributed by atoms with Crippen molar-refractivity contribution < 1.29 is 0 Å². The monoisotopic (exact) mass is 331 g/mol. The number of H-pyrrole nitrogens is 1. The molecule has 3 rings (SSSR count). The molecule has 2 heterocycles. The van der Waals surface area contributed by atoms with Gasteiger partial charge in [-0.3, -0.25) is 0 Å². The first-order valence-corrected chi connectivity index (χ1v) is 7.21. The van der Waals surface area contributed by atoms with E-state index in [4.69, 9.17) is 5.73 Å². The molecule has 20 heavy (non-hydrogen) atoms. The van der Waals surface area contributed by atoms with Crippen LogP contribution in [0.1, 0.15) is 24.3 Å². The quantitative estimate of drug-likeness (QED) is 0.773. The molecule has 0 saturated carbocycles. The number of nitrogens with one attached hydrogen (secondary N) is 1. The van der Waals surface area contributed by atoms with E-state index in [1.165, 1.54) is 0 Å². The van der Waals surface area contributed by atoms with Gasteiger partial charge in [-0.2, -0.15) is 0 Å². The summed E-state index contributed by atoms with van der Waals surface area (Å²) in [5.41, 5.74) is 8.78. The predicted molar refractivity (Wildman–Crippen MR) is 82.4 cm³/mol. The molecule has 0 spiro atoms. The largest absolute Gasteiger partial charge is 0.383 e. The van der Waals surface area contributed by atoms with E-state index in [2.05, 4.69) is 35.9 Å². The zero-order valence-electron chi connectivity index (χ0n) is 11.0. The fraction of sp³-hybridized carbons (Fsp3) is 0.214. The van der Waals surface area contributed by atoms with E-state index in [1.54, 1.807) is 0 Å². The van der Waals surface area contributed by atoms with Crippen molar-refractivity contribution in [2.75, 3.05) is 5.73 Å². The van der Waals surface area contributed by atoms with Gasteiger partial charge in [0.25, 0.3) is 0 Å². The number of imidazole rings is 1. The Hall–Kier alpha value is -1.95. The van der Waals surface area contributed by atoms with E-state index >= 15 is 0 Å². The first kappa shape index (κ1) is 13.1. The summed E-state index contributed by atoms with van der Waals surface area (Å²) in [4.78, 5) is 16.6. The third-order valence-corrected chi connectivity index (χ3v) is 3.95. The number of halogens is 1. The molecule has 0 radical (unpaired) electrons. The number of nitrogens with two attached hydrogens (primary N) is 1. The van der Waals surface area contributed by atoms with Gasteiger partial charge in [0.2, 0.25) is 0 Å². The lowest BCUT2D eigenvalue weighted by Gasteiger charge is -2.06. The third kappa shape index (κ3) is 2.38. The van der Waals surface area contributed by atoms with Gasteiger partial charge in [0, 0.05) is 0 Å². The lowest BCUT2D eigenvalue weighted by Crippen LogP contribution is -2.06. The van der Waals surface area contributed by atoms with Crippen LogP contribution in [0.25, 0.3) is 11.0 Å². The second kappa shape index (κ2) is 5.20. The zero-order valence-corrected chi connectivity index (χ0v) is 12.6. The minimum atomic E-state index is 0.475. The number of para-hydroxylation sites is 2. The molecular formula is C14H14BrN5. The van der Waals surface area contributed by atoms with E-state index in [9.17, 15) is 0 Å². The molecule has 0 unspecified atom stereocenters. The van der Waals surface area contributed by atoms with Crippen molar-refractivity contribution in [2.24, 2.45) is 0 Å². The van der Waals surface area contributed by atoms with Crippen molar-refractivity contribution in [3.63, 3.8) is 0 Å². The second-order valence-electron chi connectivity index (χ2n) is 4.52. The number of hydrogen-bond acceptors (Lipinski definition) is 4. The average Bonchev–Trinajstić information content (AvgIpc) is 2.84. The molecule has 5 nitrogen and oxygen atoms in total. The molecule has 102 valence electrons. The van der Waals surface area contributed by atoms with Gasteiger partial charge in [0.05, 0.1) is 27.6 Å². The van der Waals surface area contributed by atoms with E-state index in [0.29, 0.717) is 18.1 Å². The summed E-state index contributed by atoms with van der Waals surface area (Å²) in [6.07, 6.45) is 1.35. The van der Waals surface area contributed by atoms with Crippen LogP contribution in [0.4, 0.5) is 5.82 Å². The minimum Gasteiger partial charge on any atom is -0.383 e. The maximum absolute atomic E-state index is 5.90. The van der Waals surface area contributed by atoms with Gasteiger partial charge in [0.1, 0.15) is 17.5 Å². The normalized spacial score (nSPS) is 11.1. The number of hydrogen-bond donors (Lipinski definition) is 2. The van der Waals surface area contributed by atoms with Crippen LogP contribution in [0, 0.1) is 0 Å². The highest BCUT2D eigenvalue weighted by atomic mass is 79.9. The Morgan fingerprint density at radius 1 is 1.20 bits per heavy atom. The smallest absolute Gasteiger partial charge is 0.141 e. The molecule has 0 bridgehead atoms. The number of benzene rings is 1. The fourth-order valence-electron chi connectivity index (χ4n) is 2.12. The summed E-state index contributed by atoms with van der Waals surface area (Å²) < 4.78 is 0.786. The molecule has 3 N–H and O–H groups in total. The second-order valence-corrected chi connectivity index (χ2v) is 5.31. The van der Waals surface area contributed by atoms with Gasteiger partial charge in [-0.1, -0.05) is 19.1 Å². The number of aromatic nitrogens is 4. The van der Waals surface area contributed by atoms with Gasteiger partial charge in [0.15, 0.2) is 0 Å². The van der Waals surface area contributed by atoms with Gasteiger partial charge < -0.3 is 10.7 Å². The van der Waals surface area contributed by atoms with Gasteiger partial charge in [-0.25, -0.2) is 15.0 Å². The van der Waals surface area contributed by atoms with Crippen molar-refractivity contribution in [1.82, 2.24) is 19.9 Å². The van der Waals surface area contributed by atoms with Gasteiger partial charge in [-0.05, 0) is 34.5 Å². The lowest BCUT2D eigenvalue weighted by atomic mass is 10.3. The molecule has 1 aromatic carbocycles. The Morgan fingerprint density at radius 3 is 2.75 bits per heavy atom. The van der Waals surface area contributed by atoms with E-state index in [-0.39, 0.29) is 0 Å². The molecule has 6 heteroatoms. The number of nitrogens with zero attached hydrogens (tertiary/aromatic N) is 3. The summed E-state index contributed by atoms with van der Waals surface area (Å²) >= 11 is 3.41. The Bertz CT molecular complexity index is 732. The summed E-state index contributed by atoms with van der Waals surface area (Å²) in [6, 6.07) is 7.92. The number of anilines is 1. The summed E-state index contributed by atoms with van der Waals surface area (Å²) in [5, 5.41) is 0. The van der Waals surface area contributed by atoms with Crippen LogP contribution in [0.15, 0.2) is 28.7 Å². The molecule has 3 aromatic rings. The van der Waals surface area contributed by atoms with Crippen molar-refractivity contribution in [2.45, 2.75) is 19.8 Å². The van der Waals surface area contributed by atoms with E-state index in [1.807, 2.05) is 31.2 Å². The first-order chi connectivity index (χ1) is 9.67. The predicted octanol–water partition coefficient (Wildman–Crippen LogP) is 2.85. The van der Waals surface area contributed by atoms with Crippen LogP contribution in [0.2, 0.25) is 0 Å². The molecule has 0 amide bonds. The zero-order chi connectivity index (χ0) is 14.1. The summed E-state index contributed by atoms with van der Waals surface area (Å²) in [5.74, 6) is 2.00. The Morgan fingerprint density at radius 2 is 2.00 bits per heavy atom. The van der Waals surface area contributed by atoms with Crippen LogP contribution in [0.3, 0.4) is 0 Å². The molecule has 0 aliphatic carbocycles. The van der Waals surface area contributed by atoms with Crippen LogP contribution >= 0.6 is 15.9 Å². The van der Waals surface area contributed by atoms with Gasteiger partial charge >= 0.3 is 0 Å². The highest BCUT2D eigenvalue weighted by molar-refractivity contribution is 9.10. The maximum atomic E-state index is 5.90. The SMILES string of the molecule is CCc1nc(Cc2nc3ccccc3[nH]2)nc(N)c1Br. The van der Waals surface area contributed by atoms with Crippen LogP contribution in [-0.2, 0) is 12.8 Å². The molecule has 0 aliphatic heterocycles. The van der Waals surface area contributed by atoms with Crippen LogP contribution in [-0.4, -0.2) is 19.9 Å². The lowest BCUT2D eigenvalue weighted by molar-refractivity contribution is 0.875. The minimum absolute atomic E-state index is 0.475. The van der Waals surface area contributed by atoms with Crippen molar-refractivity contribution in [3.05, 3.63) is 46.1 Å². The maximum Gasteiger partial charge on any atom is 0.141 e. The first-order valence-electron chi connectivity index (χ1n) is 6.41. The fourth-order valence-corrected chi connectivity index (χ4v) is 2.58. The Kier molecular flexibility index (Phi) is 3.40. The van der Waals surface area contributed by atoms with Crippen molar-refractivity contribution in [1.29, 1.82) is 0 Å². The van der Waals surface area contributed by atoms with Crippen LogP contribution < -0.4 is 5.73 Å². The molecule has 0 saturated heterocycles. The van der Waals surface area contributed by atoms with Gasteiger partial charge in [-0.15, -0.1) is 0 Å². The van der Waals surface area contributed by atoms with Crippen molar-refractivity contribution in [3.8, 4) is 0 Å². The average molecular weight is 332 g/mol. The Labute approximate surface area is 124 Å². The number of nitrogen functional groups attached to an aromatic ring is 1. The highest BCUT2D eigenvalue weighted by Crippen LogP contribution is 2.22. The molecule has 0 atom stereocenters. The Balaban J connectivity index is 1.96. The standard InChI is InChI=1S/C14H14BrN5/c1-2-8-13(15)14(16)20-12(17-8)7-11-18-9-5-3-4-6-10(9)19-11/h3-6H,2,7H2,1H3,(H,18,19)(H2,16,17,20). The summed E-state index contributed by atoms with van der Waals surface area (Å²) in [6.45, 7) is 2.04. The van der Waals surface area contributed by atoms with E-state index in [0.717, 1.165) is 33.4 Å². The summed E-state index contributed by atoms with van der Waals surface area (Å²) in [7, 11) is 0. The molecule has 0 fully saturated rings. The van der Waals surface area contributed by atoms with Crippen molar-refractivity contribution >= 4 is 32.8 Å². The third-order valence-electron chi connectivity index (χ3n) is 3.09. The highest BCUT2D eigenvalue weighted by Gasteiger charge is 2.11. The number of rotatable bonds is 3. The molecular weight excluding hydrogens is 318 g/mol. The van der Waals surface area contributed by atoms with E-state index < -0.39 is 0 Å².